The van der Waals surface area contributed by atoms with Crippen LogP contribution in [0, 0.1) is 0 Å². The van der Waals surface area contributed by atoms with Crippen molar-refractivity contribution in [2.24, 2.45) is 0 Å². The van der Waals surface area contributed by atoms with Gasteiger partial charge in [-0.15, -0.1) is 0 Å². The second-order valence-electron chi connectivity index (χ2n) is 5.75. The molecule has 132 valence electrons. The van der Waals surface area contributed by atoms with E-state index in [-0.39, 0.29) is 10.8 Å². The first kappa shape index (κ1) is 17.3. The molecule has 0 spiro atoms. The number of nitrogens with one attached hydrogen (secondary N) is 1. The fourth-order valence-corrected chi connectivity index (χ4v) is 4.03. The predicted molar refractivity (Wildman–Crippen MR) is 96.6 cm³/mol. The zero-order valence-electron chi connectivity index (χ0n) is 14.2. The molecule has 1 aliphatic rings. The van der Waals surface area contributed by atoms with Crippen LogP contribution in [0.2, 0.25) is 0 Å². The molecule has 0 radical (unpaired) electrons. The number of carbonyl (C=O) groups excluding carboxylic acids is 1. The number of amides is 1. The number of sulfonamides is 1. The monoisotopic (exact) mass is 360 g/mol. The maximum atomic E-state index is 12.7. The molecule has 0 aromatic heterocycles. The number of hydrogen-bond donors (Lipinski definition) is 1. The molecular weight excluding hydrogens is 340 g/mol. The van der Waals surface area contributed by atoms with E-state index in [9.17, 15) is 13.2 Å². The number of benzene rings is 2. The van der Waals surface area contributed by atoms with Gasteiger partial charge in [0, 0.05) is 19.2 Å². The highest BCUT2D eigenvalue weighted by atomic mass is 32.2. The molecule has 2 aromatic carbocycles. The van der Waals surface area contributed by atoms with Crippen molar-refractivity contribution in [1.29, 1.82) is 0 Å². The fraction of sp³-hybridized carbons (Fsp3) is 0.278. The molecule has 1 amide bonds. The summed E-state index contributed by atoms with van der Waals surface area (Å²) in [7, 11) is -3.75. The quantitative estimate of drug-likeness (QED) is 0.890. The molecule has 3 rings (SSSR count). The van der Waals surface area contributed by atoms with Gasteiger partial charge in [-0.2, -0.15) is 0 Å². The van der Waals surface area contributed by atoms with E-state index in [1.165, 1.54) is 13.0 Å². The molecule has 2 aromatic rings. The van der Waals surface area contributed by atoms with Gasteiger partial charge in [-0.1, -0.05) is 12.1 Å². The summed E-state index contributed by atoms with van der Waals surface area (Å²) in [4.78, 5) is 13.4. The molecule has 0 unspecified atom stereocenters. The zero-order chi connectivity index (χ0) is 18.0. The molecule has 0 atom stereocenters. The minimum absolute atomic E-state index is 0.0434. The van der Waals surface area contributed by atoms with Crippen LogP contribution in [0.4, 0.5) is 11.4 Å². The molecule has 1 aliphatic heterocycles. The van der Waals surface area contributed by atoms with Crippen molar-refractivity contribution in [3.63, 3.8) is 0 Å². The molecule has 7 heteroatoms. The highest BCUT2D eigenvalue weighted by Gasteiger charge is 2.25. The van der Waals surface area contributed by atoms with Gasteiger partial charge in [0.15, 0.2) is 0 Å². The van der Waals surface area contributed by atoms with Gasteiger partial charge in [0.2, 0.25) is 5.91 Å². The van der Waals surface area contributed by atoms with Crippen molar-refractivity contribution in [2.45, 2.75) is 25.2 Å². The van der Waals surface area contributed by atoms with Gasteiger partial charge in [-0.3, -0.25) is 9.52 Å². The van der Waals surface area contributed by atoms with Crippen LogP contribution in [-0.4, -0.2) is 27.5 Å². The van der Waals surface area contributed by atoms with E-state index < -0.39 is 10.0 Å². The largest absolute Gasteiger partial charge is 0.492 e. The molecule has 0 bridgehead atoms. The molecular formula is C18H20N2O4S. The zero-order valence-corrected chi connectivity index (χ0v) is 15.0. The molecule has 25 heavy (non-hydrogen) atoms. The van der Waals surface area contributed by atoms with E-state index in [4.69, 9.17) is 4.74 Å². The van der Waals surface area contributed by atoms with Gasteiger partial charge in [0.05, 0.1) is 17.2 Å². The lowest BCUT2D eigenvalue weighted by molar-refractivity contribution is -0.116. The Morgan fingerprint density at radius 2 is 2.00 bits per heavy atom. The number of anilines is 2. The summed E-state index contributed by atoms with van der Waals surface area (Å²) in [6, 6.07) is 11.7. The number of nitrogens with zero attached hydrogens (tertiary/aromatic N) is 1. The van der Waals surface area contributed by atoms with Crippen LogP contribution in [0.3, 0.4) is 0 Å². The van der Waals surface area contributed by atoms with Crippen LogP contribution in [0.5, 0.6) is 5.75 Å². The molecule has 0 saturated carbocycles. The first-order valence-electron chi connectivity index (χ1n) is 8.08. The Bertz CT molecular complexity index is 909. The molecule has 0 fully saturated rings. The average Bonchev–Trinajstić information content (AvgIpc) is 3.00. The van der Waals surface area contributed by atoms with E-state index >= 15 is 0 Å². The van der Waals surface area contributed by atoms with Gasteiger partial charge in [-0.25, -0.2) is 8.42 Å². The Morgan fingerprint density at radius 1 is 1.24 bits per heavy atom. The lowest BCUT2D eigenvalue weighted by atomic mass is 10.2. The van der Waals surface area contributed by atoms with Crippen molar-refractivity contribution in [1.82, 2.24) is 0 Å². The van der Waals surface area contributed by atoms with E-state index in [0.717, 1.165) is 11.3 Å². The first-order chi connectivity index (χ1) is 11.9. The van der Waals surface area contributed by atoms with Crippen molar-refractivity contribution in [3.05, 3.63) is 48.0 Å². The summed E-state index contributed by atoms with van der Waals surface area (Å²) in [5, 5.41) is 0. The van der Waals surface area contributed by atoms with Crippen LogP contribution in [-0.2, 0) is 21.2 Å². The lowest BCUT2D eigenvalue weighted by Gasteiger charge is -2.16. The summed E-state index contributed by atoms with van der Waals surface area (Å²) in [5.41, 5.74) is 2.03. The summed E-state index contributed by atoms with van der Waals surface area (Å²) >= 11 is 0. The number of hydrogen-bond acceptors (Lipinski definition) is 4. The Balaban J connectivity index is 1.91. The van der Waals surface area contributed by atoms with Gasteiger partial charge in [-0.05, 0) is 49.2 Å². The van der Waals surface area contributed by atoms with Gasteiger partial charge < -0.3 is 9.64 Å². The third kappa shape index (κ3) is 3.46. The Kier molecular flexibility index (Phi) is 4.67. The topological polar surface area (TPSA) is 75.7 Å². The second kappa shape index (κ2) is 6.76. The van der Waals surface area contributed by atoms with Crippen molar-refractivity contribution in [3.8, 4) is 5.75 Å². The maximum absolute atomic E-state index is 12.7. The summed E-state index contributed by atoms with van der Waals surface area (Å²) in [6.07, 6.45) is 0.647. The minimum atomic E-state index is -3.75. The number of para-hydroxylation sites is 2. The third-order valence-electron chi connectivity index (χ3n) is 4.07. The van der Waals surface area contributed by atoms with E-state index in [2.05, 4.69) is 4.72 Å². The minimum Gasteiger partial charge on any atom is -0.492 e. The van der Waals surface area contributed by atoms with Crippen molar-refractivity contribution >= 4 is 27.3 Å². The summed E-state index contributed by atoms with van der Waals surface area (Å²) in [6.45, 7) is 4.37. The predicted octanol–water partition coefficient (Wildman–Crippen LogP) is 2.80. The SMILES string of the molecule is CCOc1ccccc1NS(=O)(=O)c1ccc2c(c1)CCN2C(C)=O. The third-order valence-corrected chi connectivity index (χ3v) is 5.43. The Hall–Kier alpha value is -2.54. The van der Waals surface area contributed by atoms with Crippen LogP contribution >= 0.6 is 0 Å². The van der Waals surface area contributed by atoms with Gasteiger partial charge in [0.1, 0.15) is 5.75 Å². The van der Waals surface area contributed by atoms with Crippen LogP contribution < -0.4 is 14.4 Å². The number of rotatable bonds is 5. The maximum Gasteiger partial charge on any atom is 0.262 e. The molecule has 1 N–H and O–H groups in total. The number of carbonyl (C=O) groups is 1. The second-order valence-corrected chi connectivity index (χ2v) is 7.43. The van der Waals surface area contributed by atoms with Crippen LogP contribution in [0.15, 0.2) is 47.4 Å². The van der Waals surface area contributed by atoms with Crippen molar-refractivity contribution < 1.29 is 17.9 Å². The normalized spacial score (nSPS) is 13.4. The van der Waals surface area contributed by atoms with Crippen LogP contribution in [0.1, 0.15) is 19.4 Å². The van der Waals surface area contributed by atoms with Crippen molar-refractivity contribution in [2.75, 3.05) is 22.8 Å². The first-order valence-corrected chi connectivity index (χ1v) is 9.56. The van der Waals surface area contributed by atoms with E-state index in [1.807, 2.05) is 6.92 Å². The molecule has 0 aliphatic carbocycles. The average molecular weight is 360 g/mol. The number of fused-ring (bicyclic) bond motifs is 1. The fourth-order valence-electron chi connectivity index (χ4n) is 2.91. The standard InChI is InChI=1S/C18H20N2O4S/c1-3-24-18-7-5-4-6-16(18)19-25(22,23)15-8-9-17-14(12-15)10-11-20(17)13(2)21/h4-9,12,19H,3,10-11H2,1-2H3. The Morgan fingerprint density at radius 3 is 2.72 bits per heavy atom. The van der Waals surface area contributed by atoms with Gasteiger partial charge >= 0.3 is 0 Å². The van der Waals surface area contributed by atoms with Crippen LogP contribution in [0.25, 0.3) is 0 Å². The lowest BCUT2D eigenvalue weighted by Crippen LogP contribution is -2.25. The molecule has 0 saturated heterocycles. The van der Waals surface area contributed by atoms with E-state index in [1.54, 1.807) is 41.3 Å². The Labute approximate surface area is 147 Å². The summed E-state index contributed by atoms with van der Waals surface area (Å²) in [5.74, 6) is 0.440. The number of ether oxygens (including phenoxy) is 1. The molecule has 6 nitrogen and oxygen atoms in total. The smallest absolute Gasteiger partial charge is 0.262 e. The van der Waals surface area contributed by atoms with Gasteiger partial charge in [0.25, 0.3) is 10.0 Å². The molecule has 1 heterocycles. The summed E-state index contributed by atoms with van der Waals surface area (Å²) < 4.78 is 33.5. The highest BCUT2D eigenvalue weighted by molar-refractivity contribution is 7.92. The highest BCUT2D eigenvalue weighted by Crippen LogP contribution is 2.32. The van der Waals surface area contributed by atoms with E-state index in [0.29, 0.717) is 31.0 Å².